The molecule has 1 aliphatic heterocycles. The summed E-state index contributed by atoms with van der Waals surface area (Å²) in [6.45, 7) is 6.37. The van der Waals surface area contributed by atoms with E-state index in [1.54, 1.807) is 6.42 Å². The molecule has 0 bridgehead atoms. The highest BCUT2D eigenvalue weighted by atomic mass is 16.6. The minimum Gasteiger partial charge on any atom is -0.369 e. The lowest BCUT2D eigenvalue weighted by molar-refractivity contribution is -0.113. The summed E-state index contributed by atoms with van der Waals surface area (Å²) in [4.78, 5) is 0. The highest BCUT2D eigenvalue weighted by Gasteiger charge is 2.69. The lowest BCUT2D eigenvalue weighted by atomic mass is 9.45. The highest BCUT2D eigenvalue weighted by Crippen LogP contribution is 2.71. The fourth-order valence-electron chi connectivity index (χ4n) is 7.95. The molecular formula is C20H32O. The summed E-state index contributed by atoms with van der Waals surface area (Å²) in [6, 6.07) is 0. The molecule has 21 heavy (non-hydrogen) atoms. The molecule has 118 valence electrons. The van der Waals surface area contributed by atoms with Crippen molar-refractivity contribution in [2.75, 3.05) is 6.61 Å². The lowest BCUT2D eigenvalue weighted by Gasteiger charge is -2.60. The molecule has 4 aliphatic carbocycles. The van der Waals surface area contributed by atoms with Crippen molar-refractivity contribution in [3.63, 3.8) is 0 Å². The molecule has 1 saturated heterocycles. The molecule has 1 nitrogen and oxygen atoms in total. The standard InChI is InChI=1S/C20H32O/c1-18-10-4-3-5-14(18)6-7-15-16(18)8-11-19(2)17(15)9-12-20(19)13-21-20/h14-17H,3-13H2,1-2H3/t14?,15?,16?,17?,18-,19-,20+/m0/s1. The fraction of sp³-hybridized carbons (Fsp3) is 1.00. The monoisotopic (exact) mass is 288 g/mol. The molecular weight excluding hydrogens is 256 g/mol. The summed E-state index contributed by atoms with van der Waals surface area (Å²) < 4.78 is 6.04. The number of ether oxygens (including phenoxy) is 1. The smallest absolute Gasteiger partial charge is 0.0972 e. The van der Waals surface area contributed by atoms with Crippen LogP contribution in [0.1, 0.15) is 78.1 Å². The Hall–Kier alpha value is -0.0400. The van der Waals surface area contributed by atoms with Gasteiger partial charge in [0.1, 0.15) is 0 Å². The summed E-state index contributed by atoms with van der Waals surface area (Å²) in [6.07, 6.45) is 15.0. The van der Waals surface area contributed by atoms with Gasteiger partial charge in [0.2, 0.25) is 0 Å². The van der Waals surface area contributed by atoms with E-state index < -0.39 is 0 Å². The van der Waals surface area contributed by atoms with Crippen LogP contribution in [0.15, 0.2) is 0 Å². The van der Waals surface area contributed by atoms with E-state index in [-0.39, 0.29) is 0 Å². The van der Waals surface area contributed by atoms with Crippen molar-refractivity contribution >= 4 is 0 Å². The Labute approximate surface area is 130 Å². The quantitative estimate of drug-likeness (QED) is 0.559. The first kappa shape index (κ1) is 13.4. The second-order valence-corrected chi connectivity index (χ2v) is 9.68. The topological polar surface area (TPSA) is 12.5 Å². The predicted octanol–water partition coefficient (Wildman–Crippen LogP) is 5.19. The molecule has 4 saturated carbocycles. The Kier molecular flexibility index (Phi) is 2.60. The average molecular weight is 288 g/mol. The minimum absolute atomic E-state index is 0.340. The molecule has 0 radical (unpaired) electrons. The molecule has 5 rings (SSSR count). The molecule has 0 aromatic rings. The summed E-state index contributed by atoms with van der Waals surface area (Å²) in [5.41, 5.74) is 1.57. The Morgan fingerprint density at radius 3 is 2.43 bits per heavy atom. The van der Waals surface area contributed by atoms with Crippen molar-refractivity contribution in [1.82, 2.24) is 0 Å². The zero-order valence-corrected chi connectivity index (χ0v) is 14.0. The van der Waals surface area contributed by atoms with Crippen LogP contribution < -0.4 is 0 Å². The van der Waals surface area contributed by atoms with E-state index in [0.29, 0.717) is 16.4 Å². The van der Waals surface area contributed by atoms with Crippen molar-refractivity contribution in [2.24, 2.45) is 34.5 Å². The van der Waals surface area contributed by atoms with Crippen molar-refractivity contribution in [2.45, 2.75) is 83.7 Å². The third kappa shape index (κ3) is 1.53. The Bertz CT molecular complexity index is 453. The number of rotatable bonds is 0. The van der Waals surface area contributed by atoms with Gasteiger partial charge in [-0.1, -0.05) is 26.7 Å². The van der Waals surface area contributed by atoms with Crippen molar-refractivity contribution in [3.8, 4) is 0 Å². The maximum absolute atomic E-state index is 6.04. The van der Waals surface area contributed by atoms with Crippen LogP contribution in [0.2, 0.25) is 0 Å². The predicted molar refractivity (Wildman–Crippen MR) is 85.0 cm³/mol. The number of fused-ring (bicyclic) bond motifs is 6. The zero-order chi connectivity index (χ0) is 14.3. The molecule has 5 fully saturated rings. The first-order valence-corrected chi connectivity index (χ1v) is 9.73. The molecule has 0 N–H and O–H groups in total. The first-order valence-electron chi connectivity index (χ1n) is 9.73. The Morgan fingerprint density at radius 1 is 0.810 bits per heavy atom. The van der Waals surface area contributed by atoms with Crippen LogP contribution in [0.25, 0.3) is 0 Å². The second kappa shape index (κ2) is 4.08. The van der Waals surface area contributed by atoms with Crippen LogP contribution in [-0.4, -0.2) is 12.2 Å². The summed E-state index contributed by atoms with van der Waals surface area (Å²) in [5, 5.41) is 0. The van der Waals surface area contributed by atoms with Crippen LogP contribution >= 0.6 is 0 Å². The van der Waals surface area contributed by atoms with E-state index >= 15 is 0 Å². The Balaban J connectivity index is 1.48. The normalized spacial score (nSPS) is 62.0. The molecule has 1 heterocycles. The van der Waals surface area contributed by atoms with E-state index in [4.69, 9.17) is 4.74 Å². The van der Waals surface area contributed by atoms with Gasteiger partial charge in [0.15, 0.2) is 0 Å². The zero-order valence-electron chi connectivity index (χ0n) is 14.0. The van der Waals surface area contributed by atoms with E-state index in [9.17, 15) is 0 Å². The molecule has 7 atom stereocenters. The number of hydrogen-bond donors (Lipinski definition) is 0. The van der Waals surface area contributed by atoms with Crippen LogP contribution in [0, 0.1) is 34.5 Å². The summed E-state index contributed by atoms with van der Waals surface area (Å²) in [7, 11) is 0. The van der Waals surface area contributed by atoms with Gasteiger partial charge in [-0.2, -0.15) is 0 Å². The van der Waals surface area contributed by atoms with Gasteiger partial charge in [0.25, 0.3) is 0 Å². The third-order valence-corrected chi connectivity index (χ3v) is 9.37. The molecule has 0 aromatic heterocycles. The number of hydrogen-bond acceptors (Lipinski definition) is 1. The van der Waals surface area contributed by atoms with Gasteiger partial charge < -0.3 is 4.74 Å². The van der Waals surface area contributed by atoms with E-state index in [2.05, 4.69) is 13.8 Å². The van der Waals surface area contributed by atoms with Gasteiger partial charge >= 0.3 is 0 Å². The van der Waals surface area contributed by atoms with Crippen molar-refractivity contribution in [1.29, 1.82) is 0 Å². The van der Waals surface area contributed by atoms with Gasteiger partial charge in [0, 0.05) is 5.41 Å². The van der Waals surface area contributed by atoms with Gasteiger partial charge in [-0.15, -0.1) is 0 Å². The fourth-order valence-corrected chi connectivity index (χ4v) is 7.95. The maximum atomic E-state index is 6.04. The maximum Gasteiger partial charge on any atom is 0.0972 e. The van der Waals surface area contributed by atoms with E-state index in [1.165, 1.54) is 57.8 Å². The molecule has 5 aliphatic rings. The Morgan fingerprint density at radius 2 is 1.62 bits per heavy atom. The van der Waals surface area contributed by atoms with E-state index in [0.717, 1.165) is 30.3 Å². The van der Waals surface area contributed by atoms with Gasteiger partial charge in [0.05, 0.1) is 12.2 Å². The van der Waals surface area contributed by atoms with Gasteiger partial charge in [-0.05, 0) is 80.5 Å². The molecule has 0 aromatic carbocycles. The average Bonchev–Trinajstić information content (AvgIpc) is 3.20. The highest BCUT2D eigenvalue weighted by molar-refractivity contribution is 5.18. The van der Waals surface area contributed by atoms with Gasteiger partial charge in [-0.25, -0.2) is 0 Å². The molecule has 0 amide bonds. The van der Waals surface area contributed by atoms with Crippen molar-refractivity contribution < 1.29 is 4.74 Å². The van der Waals surface area contributed by atoms with Crippen LogP contribution in [0.4, 0.5) is 0 Å². The first-order chi connectivity index (χ1) is 10.1. The number of epoxide rings is 1. The lowest BCUT2D eigenvalue weighted by Crippen LogP contribution is -2.53. The van der Waals surface area contributed by atoms with E-state index in [1.807, 2.05) is 0 Å². The minimum atomic E-state index is 0.340. The molecule has 4 unspecified atom stereocenters. The summed E-state index contributed by atoms with van der Waals surface area (Å²) >= 11 is 0. The van der Waals surface area contributed by atoms with Crippen LogP contribution in [0.3, 0.4) is 0 Å². The molecule has 1 heteroatoms. The van der Waals surface area contributed by atoms with Gasteiger partial charge in [-0.3, -0.25) is 0 Å². The van der Waals surface area contributed by atoms with Crippen LogP contribution in [0.5, 0.6) is 0 Å². The molecule has 1 spiro atoms. The van der Waals surface area contributed by atoms with Crippen LogP contribution in [-0.2, 0) is 4.74 Å². The van der Waals surface area contributed by atoms with Crippen molar-refractivity contribution in [3.05, 3.63) is 0 Å². The summed E-state index contributed by atoms with van der Waals surface area (Å²) in [5.74, 6) is 4.12. The third-order valence-electron chi connectivity index (χ3n) is 9.37. The largest absolute Gasteiger partial charge is 0.369 e. The second-order valence-electron chi connectivity index (χ2n) is 9.68. The SMILES string of the molecule is C[C@]12CCCCC1CCC1C2CC[C@@]2(C)C1CC[C@@]21CO1.